The van der Waals surface area contributed by atoms with E-state index in [0.29, 0.717) is 24.0 Å². The van der Waals surface area contributed by atoms with Gasteiger partial charge in [-0.25, -0.2) is 8.78 Å². The molecule has 0 saturated heterocycles. The second-order valence-corrected chi connectivity index (χ2v) is 8.47. The van der Waals surface area contributed by atoms with E-state index in [2.05, 4.69) is 26.1 Å². The normalized spacial score (nSPS) is 15.0. The third kappa shape index (κ3) is 7.79. The van der Waals surface area contributed by atoms with Crippen molar-refractivity contribution in [3.63, 3.8) is 0 Å². The molecule has 0 aliphatic heterocycles. The third-order valence-electron chi connectivity index (χ3n) is 4.62. The van der Waals surface area contributed by atoms with Crippen molar-refractivity contribution in [2.24, 2.45) is 0 Å². The van der Waals surface area contributed by atoms with Crippen LogP contribution in [0.2, 0.25) is 0 Å². The number of nitrogens with zero attached hydrogens (tertiary/aromatic N) is 2. The first-order valence-electron chi connectivity index (χ1n) is 9.98. The van der Waals surface area contributed by atoms with Gasteiger partial charge in [0.15, 0.2) is 0 Å². The van der Waals surface area contributed by atoms with Gasteiger partial charge in [-0.15, -0.1) is 22.6 Å². The topological polar surface area (TPSA) is 96.0 Å². The first-order chi connectivity index (χ1) is 14.3. The minimum Gasteiger partial charge on any atom is -0.344 e. The summed E-state index contributed by atoms with van der Waals surface area (Å²) in [6.45, 7) is 3.89. The van der Waals surface area contributed by atoms with Crippen molar-refractivity contribution in [2.45, 2.75) is 64.1 Å². The molecule has 7 nitrogen and oxygen atoms in total. The molecule has 0 radical (unpaired) electrons. The zero-order valence-electron chi connectivity index (χ0n) is 17.3. The fourth-order valence-corrected chi connectivity index (χ4v) is 3.79. The number of amides is 2. The lowest BCUT2D eigenvalue weighted by atomic mass is 10.1. The van der Waals surface area contributed by atoms with Crippen LogP contribution in [-0.2, 0) is 16.0 Å². The van der Waals surface area contributed by atoms with Crippen molar-refractivity contribution in [3.8, 4) is 0 Å². The van der Waals surface area contributed by atoms with Gasteiger partial charge in [-0.1, -0.05) is 24.7 Å². The first kappa shape index (κ1) is 25.1. The Morgan fingerprint density at radius 2 is 1.87 bits per heavy atom. The molecule has 1 fully saturated rings. The van der Waals surface area contributed by atoms with E-state index in [9.17, 15) is 18.4 Å². The Kier molecular flexibility index (Phi) is 9.27. The van der Waals surface area contributed by atoms with Gasteiger partial charge in [-0.2, -0.15) is 0 Å². The molecule has 1 aromatic heterocycles. The molecular formula is C20H26ClF2N5O2S. The fraction of sp³-hybridized carbons (Fsp3) is 0.500. The zero-order valence-corrected chi connectivity index (χ0v) is 18.9. The van der Waals surface area contributed by atoms with Crippen LogP contribution in [0.15, 0.2) is 18.2 Å². The summed E-state index contributed by atoms with van der Waals surface area (Å²) >= 11 is 1.29. The summed E-state index contributed by atoms with van der Waals surface area (Å²) in [5.74, 6) is -2.40. The highest BCUT2D eigenvalue weighted by Crippen LogP contribution is 2.27. The Hall–Kier alpha value is -2.17. The van der Waals surface area contributed by atoms with Crippen LogP contribution < -0.4 is 16.0 Å². The number of carbonyl (C=O) groups excluding carboxylic acids is 2. The molecule has 2 unspecified atom stereocenters. The Balaban J connectivity index is 0.00000341. The molecule has 2 amide bonds. The molecule has 0 bridgehead atoms. The summed E-state index contributed by atoms with van der Waals surface area (Å²) < 4.78 is 26.6. The van der Waals surface area contributed by atoms with Crippen molar-refractivity contribution in [1.82, 2.24) is 20.8 Å². The quantitative estimate of drug-likeness (QED) is 0.490. The summed E-state index contributed by atoms with van der Waals surface area (Å²) in [7, 11) is 0. The number of halogens is 3. The van der Waals surface area contributed by atoms with Crippen LogP contribution in [-0.4, -0.2) is 34.1 Å². The number of rotatable bonds is 10. The summed E-state index contributed by atoms with van der Waals surface area (Å²) in [4.78, 5) is 25.0. The first-order valence-corrected chi connectivity index (χ1v) is 10.8. The van der Waals surface area contributed by atoms with Crippen molar-refractivity contribution >= 4 is 40.7 Å². The maximum atomic E-state index is 13.3. The van der Waals surface area contributed by atoms with Gasteiger partial charge >= 0.3 is 0 Å². The van der Waals surface area contributed by atoms with Gasteiger partial charge in [0.05, 0.1) is 12.5 Å². The second kappa shape index (κ2) is 11.4. The SMILES string of the molecule is CCCC(NC(=O)Cc1cc(F)cc(F)c1)C(=O)Nc1nnc(C(C)NC2CC2)s1.Cl. The molecule has 2 atom stereocenters. The van der Waals surface area contributed by atoms with Crippen molar-refractivity contribution in [1.29, 1.82) is 0 Å². The summed E-state index contributed by atoms with van der Waals surface area (Å²) in [5, 5.41) is 18.0. The van der Waals surface area contributed by atoms with Crippen LogP contribution in [0.5, 0.6) is 0 Å². The minimum atomic E-state index is -0.782. The Morgan fingerprint density at radius 3 is 2.48 bits per heavy atom. The van der Waals surface area contributed by atoms with E-state index in [1.807, 2.05) is 13.8 Å². The average molecular weight is 474 g/mol. The molecule has 3 rings (SSSR count). The second-order valence-electron chi connectivity index (χ2n) is 7.46. The Labute approximate surface area is 189 Å². The minimum absolute atomic E-state index is 0. The molecule has 170 valence electrons. The predicted octanol–water partition coefficient (Wildman–Crippen LogP) is 3.52. The van der Waals surface area contributed by atoms with E-state index in [-0.39, 0.29) is 30.4 Å². The standard InChI is InChI=1S/C20H25F2N5O2S.ClH/c1-3-4-16(24-17(28)9-12-7-13(21)10-14(22)8-12)18(29)25-20-27-26-19(30-20)11(2)23-15-5-6-15;/h7-8,10-11,15-16,23H,3-6,9H2,1-2H3,(H,24,28)(H,25,27,29);1H. The molecule has 3 N–H and O–H groups in total. The number of carbonyl (C=O) groups is 2. The number of aromatic nitrogens is 2. The van der Waals surface area contributed by atoms with Gasteiger partial charge in [0.1, 0.15) is 22.7 Å². The van der Waals surface area contributed by atoms with Crippen LogP contribution in [0.25, 0.3) is 0 Å². The van der Waals surface area contributed by atoms with Gasteiger partial charge in [0.2, 0.25) is 16.9 Å². The van der Waals surface area contributed by atoms with Crippen molar-refractivity contribution in [3.05, 3.63) is 40.4 Å². The number of benzene rings is 1. The monoisotopic (exact) mass is 473 g/mol. The predicted molar refractivity (Wildman–Crippen MR) is 117 cm³/mol. The van der Waals surface area contributed by atoms with E-state index in [0.717, 1.165) is 36.0 Å². The molecule has 1 aliphatic rings. The van der Waals surface area contributed by atoms with Crippen LogP contribution in [0.1, 0.15) is 56.1 Å². The zero-order chi connectivity index (χ0) is 21.7. The molecule has 2 aromatic rings. The van der Waals surface area contributed by atoms with Crippen LogP contribution >= 0.6 is 23.7 Å². The number of nitrogens with one attached hydrogen (secondary N) is 3. The lowest BCUT2D eigenvalue weighted by molar-refractivity contribution is -0.126. The number of hydrogen-bond donors (Lipinski definition) is 3. The smallest absolute Gasteiger partial charge is 0.248 e. The highest BCUT2D eigenvalue weighted by molar-refractivity contribution is 7.15. The maximum Gasteiger partial charge on any atom is 0.248 e. The molecular weight excluding hydrogens is 448 g/mol. The highest BCUT2D eigenvalue weighted by Gasteiger charge is 2.26. The molecule has 31 heavy (non-hydrogen) atoms. The maximum absolute atomic E-state index is 13.3. The average Bonchev–Trinajstić information content (AvgIpc) is 3.35. The summed E-state index contributed by atoms with van der Waals surface area (Å²) in [5.41, 5.74) is 0.201. The Morgan fingerprint density at radius 1 is 1.19 bits per heavy atom. The van der Waals surface area contributed by atoms with Gasteiger partial charge in [-0.3, -0.25) is 14.9 Å². The fourth-order valence-electron chi connectivity index (χ4n) is 3.03. The molecule has 1 saturated carbocycles. The van der Waals surface area contributed by atoms with Crippen molar-refractivity contribution < 1.29 is 18.4 Å². The lowest BCUT2D eigenvalue weighted by Gasteiger charge is -2.17. The van der Waals surface area contributed by atoms with E-state index in [4.69, 9.17) is 0 Å². The van der Waals surface area contributed by atoms with Gasteiger partial charge in [-0.05, 0) is 43.9 Å². The van der Waals surface area contributed by atoms with Crippen LogP contribution in [0.4, 0.5) is 13.9 Å². The molecule has 1 aromatic carbocycles. The molecule has 11 heteroatoms. The van der Waals surface area contributed by atoms with Gasteiger partial charge in [0, 0.05) is 12.1 Å². The highest BCUT2D eigenvalue weighted by atomic mass is 35.5. The Bertz CT molecular complexity index is 889. The van der Waals surface area contributed by atoms with Crippen LogP contribution in [0, 0.1) is 11.6 Å². The van der Waals surface area contributed by atoms with E-state index < -0.39 is 29.5 Å². The third-order valence-corrected chi connectivity index (χ3v) is 5.64. The lowest BCUT2D eigenvalue weighted by Crippen LogP contribution is -2.44. The molecule has 0 spiro atoms. The van der Waals surface area contributed by atoms with Gasteiger partial charge in [0.25, 0.3) is 0 Å². The van der Waals surface area contributed by atoms with Crippen molar-refractivity contribution in [2.75, 3.05) is 5.32 Å². The van der Waals surface area contributed by atoms with E-state index in [1.54, 1.807) is 0 Å². The molecule has 1 heterocycles. The van der Waals surface area contributed by atoms with Gasteiger partial charge < -0.3 is 10.6 Å². The van der Waals surface area contributed by atoms with E-state index >= 15 is 0 Å². The summed E-state index contributed by atoms with van der Waals surface area (Å²) in [6.07, 6.45) is 3.17. The molecule has 1 aliphatic carbocycles. The van der Waals surface area contributed by atoms with E-state index in [1.165, 1.54) is 11.3 Å². The largest absolute Gasteiger partial charge is 0.344 e. The summed E-state index contributed by atoms with van der Waals surface area (Å²) in [6, 6.07) is 2.73. The number of hydrogen-bond acceptors (Lipinski definition) is 6. The van der Waals surface area contributed by atoms with Crippen LogP contribution in [0.3, 0.4) is 0 Å². The number of anilines is 1.